The molecule has 0 bridgehead atoms. The maximum absolute atomic E-state index is 4.54. The van der Waals surface area contributed by atoms with E-state index in [0.717, 1.165) is 12.3 Å². The van der Waals surface area contributed by atoms with E-state index in [0.29, 0.717) is 11.3 Å². The van der Waals surface area contributed by atoms with Gasteiger partial charge in [0.2, 0.25) is 0 Å². The van der Waals surface area contributed by atoms with Gasteiger partial charge >= 0.3 is 0 Å². The molecule has 1 atom stereocenters. The first-order valence-electron chi connectivity index (χ1n) is 7.94. The van der Waals surface area contributed by atoms with Crippen LogP contribution < -0.4 is 0 Å². The van der Waals surface area contributed by atoms with Crippen LogP contribution in [0, 0.1) is 11.3 Å². The van der Waals surface area contributed by atoms with Gasteiger partial charge in [0.25, 0.3) is 0 Å². The van der Waals surface area contributed by atoms with Crippen molar-refractivity contribution >= 4 is 12.6 Å². The molecule has 1 unspecified atom stereocenters. The Morgan fingerprint density at radius 3 is 1.74 bits per heavy atom. The molecule has 0 aliphatic carbocycles. The van der Waals surface area contributed by atoms with E-state index in [9.17, 15) is 0 Å². The van der Waals surface area contributed by atoms with Gasteiger partial charge in [0.15, 0.2) is 0 Å². The summed E-state index contributed by atoms with van der Waals surface area (Å²) in [5, 5.41) is 0. The zero-order valence-corrected chi connectivity index (χ0v) is 15.0. The van der Waals surface area contributed by atoms with Crippen molar-refractivity contribution in [2.24, 2.45) is 11.3 Å². The Kier molecular flexibility index (Phi) is 10.2. The topological polar surface area (TPSA) is 6.48 Å². The maximum atomic E-state index is 4.54. The molecule has 0 N–H and O–H groups in total. The van der Waals surface area contributed by atoms with E-state index in [-0.39, 0.29) is 0 Å². The molecule has 0 amide bonds. The standard InChI is InChI=1S/C16H36N2S/c1-7-17(8-2)11-10-12-18(9-3)13-15(14-19)16(4,5)6/h15,19H,7-14H2,1-6H3. The fourth-order valence-corrected chi connectivity index (χ4v) is 3.02. The predicted molar refractivity (Wildman–Crippen MR) is 91.3 cm³/mol. The summed E-state index contributed by atoms with van der Waals surface area (Å²) in [5.74, 6) is 1.65. The molecule has 0 spiro atoms. The van der Waals surface area contributed by atoms with Crippen molar-refractivity contribution in [1.82, 2.24) is 9.80 Å². The summed E-state index contributed by atoms with van der Waals surface area (Å²) in [7, 11) is 0. The molecule has 0 aliphatic rings. The van der Waals surface area contributed by atoms with Crippen molar-refractivity contribution in [3.63, 3.8) is 0 Å². The van der Waals surface area contributed by atoms with Crippen LogP contribution in [0.5, 0.6) is 0 Å². The second-order valence-electron chi connectivity index (χ2n) is 6.52. The lowest BCUT2D eigenvalue weighted by Gasteiger charge is -2.34. The van der Waals surface area contributed by atoms with E-state index >= 15 is 0 Å². The van der Waals surface area contributed by atoms with Gasteiger partial charge in [0, 0.05) is 6.54 Å². The second kappa shape index (κ2) is 10.1. The Bertz CT molecular complexity index is 209. The van der Waals surface area contributed by atoms with Crippen LogP contribution in [0.2, 0.25) is 0 Å². The highest BCUT2D eigenvalue weighted by Crippen LogP contribution is 2.27. The summed E-state index contributed by atoms with van der Waals surface area (Å²) in [5.41, 5.74) is 0.355. The summed E-state index contributed by atoms with van der Waals surface area (Å²) in [6.07, 6.45) is 1.28. The summed E-state index contributed by atoms with van der Waals surface area (Å²) in [4.78, 5) is 5.10. The Labute approximate surface area is 127 Å². The van der Waals surface area contributed by atoms with E-state index in [1.807, 2.05) is 0 Å². The quantitative estimate of drug-likeness (QED) is 0.613. The van der Waals surface area contributed by atoms with Gasteiger partial charge in [-0.2, -0.15) is 12.6 Å². The van der Waals surface area contributed by atoms with Crippen LogP contribution in [-0.4, -0.2) is 54.8 Å². The van der Waals surface area contributed by atoms with E-state index in [1.54, 1.807) is 0 Å². The minimum atomic E-state index is 0.355. The van der Waals surface area contributed by atoms with E-state index in [1.165, 1.54) is 39.1 Å². The molecule has 116 valence electrons. The van der Waals surface area contributed by atoms with Crippen LogP contribution >= 0.6 is 12.6 Å². The largest absolute Gasteiger partial charge is 0.304 e. The predicted octanol–water partition coefficient (Wildman–Crippen LogP) is 3.63. The fourth-order valence-electron chi connectivity index (χ4n) is 2.35. The third kappa shape index (κ3) is 8.21. The molecule has 0 radical (unpaired) electrons. The molecule has 0 saturated carbocycles. The average Bonchev–Trinajstić information content (AvgIpc) is 2.36. The van der Waals surface area contributed by atoms with Gasteiger partial charge < -0.3 is 9.80 Å². The number of hydrogen-bond acceptors (Lipinski definition) is 3. The van der Waals surface area contributed by atoms with Crippen molar-refractivity contribution in [3.8, 4) is 0 Å². The van der Waals surface area contributed by atoms with Crippen molar-refractivity contribution in [1.29, 1.82) is 0 Å². The first-order valence-corrected chi connectivity index (χ1v) is 8.57. The lowest BCUT2D eigenvalue weighted by molar-refractivity contribution is 0.162. The third-order valence-electron chi connectivity index (χ3n) is 4.21. The lowest BCUT2D eigenvalue weighted by Crippen LogP contribution is -2.38. The highest BCUT2D eigenvalue weighted by atomic mass is 32.1. The van der Waals surface area contributed by atoms with Gasteiger partial charge in [-0.25, -0.2) is 0 Å². The molecule has 0 aromatic rings. The molecule has 0 aromatic carbocycles. The second-order valence-corrected chi connectivity index (χ2v) is 6.88. The van der Waals surface area contributed by atoms with Crippen molar-refractivity contribution in [2.75, 3.05) is 45.0 Å². The first kappa shape index (κ1) is 19.3. The zero-order chi connectivity index (χ0) is 14.9. The Hall–Kier alpha value is 0.270. The van der Waals surface area contributed by atoms with Gasteiger partial charge in [0.1, 0.15) is 0 Å². The summed E-state index contributed by atoms with van der Waals surface area (Å²) >= 11 is 4.54. The zero-order valence-electron chi connectivity index (χ0n) is 14.1. The van der Waals surface area contributed by atoms with Gasteiger partial charge in [-0.05, 0) is 56.2 Å². The van der Waals surface area contributed by atoms with E-state index in [2.05, 4.69) is 64.0 Å². The number of rotatable bonds is 10. The lowest BCUT2D eigenvalue weighted by atomic mass is 9.81. The maximum Gasteiger partial charge on any atom is 0.00224 e. The molecule has 0 saturated heterocycles. The van der Waals surface area contributed by atoms with Crippen LogP contribution in [0.15, 0.2) is 0 Å². The van der Waals surface area contributed by atoms with Crippen LogP contribution in [-0.2, 0) is 0 Å². The molecule has 0 aromatic heterocycles. The van der Waals surface area contributed by atoms with Gasteiger partial charge in [-0.15, -0.1) is 0 Å². The molecule has 3 heteroatoms. The van der Waals surface area contributed by atoms with Gasteiger partial charge in [-0.1, -0.05) is 41.5 Å². The van der Waals surface area contributed by atoms with Gasteiger partial charge in [0.05, 0.1) is 0 Å². The Balaban J connectivity index is 4.13. The molecule has 0 aliphatic heterocycles. The molecule has 19 heavy (non-hydrogen) atoms. The minimum absolute atomic E-state index is 0.355. The SMILES string of the molecule is CCN(CC)CCCN(CC)CC(CS)C(C)(C)C. The summed E-state index contributed by atoms with van der Waals surface area (Å²) < 4.78 is 0. The van der Waals surface area contributed by atoms with E-state index < -0.39 is 0 Å². The number of nitrogens with zero attached hydrogens (tertiary/aromatic N) is 2. The van der Waals surface area contributed by atoms with Crippen molar-refractivity contribution in [2.45, 2.75) is 48.0 Å². The van der Waals surface area contributed by atoms with Crippen LogP contribution in [0.4, 0.5) is 0 Å². The smallest absolute Gasteiger partial charge is 0.00224 e. The highest BCUT2D eigenvalue weighted by molar-refractivity contribution is 7.80. The molecule has 0 rings (SSSR count). The summed E-state index contributed by atoms with van der Waals surface area (Å²) in [6, 6.07) is 0. The minimum Gasteiger partial charge on any atom is -0.304 e. The monoisotopic (exact) mass is 288 g/mol. The van der Waals surface area contributed by atoms with E-state index in [4.69, 9.17) is 0 Å². The summed E-state index contributed by atoms with van der Waals surface area (Å²) in [6.45, 7) is 20.9. The molecular weight excluding hydrogens is 252 g/mol. The number of hydrogen-bond donors (Lipinski definition) is 1. The number of thiol groups is 1. The molecule has 2 nitrogen and oxygen atoms in total. The molecule has 0 fully saturated rings. The fraction of sp³-hybridized carbons (Fsp3) is 1.00. The van der Waals surface area contributed by atoms with Gasteiger partial charge in [-0.3, -0.25) is 0 Å². The normalized spacial score (nSPS) is 14.4. The first-order chi connectivity index (χ1) is 8.88. The Morgan fingerprint density at radius 1 is 0.895 bits per heavy atom. The third-order valence-corrected chi connectivity index (χ3v) is 4.65. The van der Waals surface area contributed by atoms with Crippen LogP contribution in [0.25, 0.3) is 0 Å². The Morgan fingerprint density at radius 2 is 1.37 bits per heavy atom. The average molecular weight is 289 g/mol. The molecule has 0 heterocycles. The van der Waals surface area contributed by atoms with Crippen LogP contribution in [0.1, 0.15) is 48.0 Å². The van der Waals surface area contributed by atoms with Crippen molar-refractivity contribution in [3.05, 3.63) is 0 Å². The van der Waals surface area contributed by atoms with Crippen molar-refractivity contribution < 1.29 is 0 Å². The molecular formula is C16H36N2S. The highest BCUT2D eigenvalue weighted by Gasteiger charge is 2.24. The van der Waals surface area contributed by atoms with Crippen LogP contribution in [0.3, 0.4) is 0 Å².